The second-order valence-electron chi connectivity index (χ2n) is 4.50. The third-order valence-corrected chi connectivity index (χ3v) is 4.34. The fraction of sp³-hybridized carbons (Fsp3) is 0.0667. The van der Waals surface area contributed by atoms with Gasteiger partial charge in [0.05, 0.1) is 5.75 Å². The maximum Gasteiger partial charge on any atom is 0.195 e. The van der Waals surface area contributed by atoms with Crippen molar-refractivity contribution in [2.24, 2.45) is 0 Å². The van der Waals surface area contributed by atoms with E-state index in [2.05, 4.69) is 0 Å². The Bertz CT molecular complexity index is 815. The van der Waals surface area contributed by atoms with Gasteiger partial charge in [-0.15, -0.1) is 0 Å². The molecule has 7 heteroatoms. The molecule has 22 heavy (non-hydrogen) atoms. The molecule has 0 radical (unpaired) electrons. The SMILES string of the molecule is O=S(=O)(C=Cc1ccc(F)c(F)c1F)Cc1ccc(Cl)cc1. The Hall–Kier alpha value is -1.79. The van der Waals surface area contributed by atoms with Crippen molar-refractivity contribution < 1.29 is 21.6 Å². The molecule has 0 amide bonds. The summed E-state index contributed by atoms with van der Waals surface area (Å²) in [6.07, 6.45) is 0.892. The van der Waals surface area contributed by atoms with Crippen molar-refractivity contribution in [2.45, 2.75) is 5.75 Å². The molecule has 116 valence electrons. The summed E-state index contributed by atoms with van der Waals surface area (Å²) in [6, 6.07) is 7.87. The maximum absolute atomic E-state index is 13.4. The Balaban J connectivity index is 2.21. The van der Waals surface area contributed by atoms with Crippen LogP contribution in [0.4, 0.5) is 13.2 Å². The highest BCUT2D eigenvalue weighted by molar-refractivity contribution is 7.93. The van der Waals surface area contributed by atoms with E-state index < -0.39 is 27.3 Å². The van der Waals surface area contributed by atoms with Gasteiger partial charge < -0.3 is 0 Å². The first-order valence-corrected chi connectivity index (χ1v) is 8.16. The van der Waals surface area contributed by atoms with Crippen LogP contribution in [0.25, 0.3) is 6.08 Å². The lowest BCUT2D eigenvalue weighted by Crippen LogP contribution is -2.00. The quantitative estimate of drug-likeness (QED) is 0.772. The summed E-state index contributed by atoms with van der Waals surface area (Å²) in [4.78, 5) is 0. The van der Waals surface area contributed by atoms with Crippen molar-refractivity contribution in [3.8, 4) is 0 Å². The molecule has 0 heterocycles. The first kappa shape index (κ1) is 16.6. The van der Waals surface area contributed by atoms with E-state index in [0.717, 1.165) is 23.6 Å². The van der Waals surface area contributed by atoms with Crippen LogP contribution < -0.4 is 0 Å². The molecule has 0 aliphatic heterocycles. The van der Waals surface area contributed by atoms with Crippen molar-refractivity contribution in [2.75, 3.05) is 0 Å². The highest BCUT2D eigenvalue weighted by Crippen LogP contribution is 2.18. The zero-order valence-corrected chi connectivity index (χ0v) is 12.6. The van der Waals surface area contributed by atoms with Crippen LogP contribution in [-0.2, 0) is 15.6 Å². The zero-order chi connectivity index (χ0) is 16.3. The van der Waals surface area contributed by atoms with E-state index in [1.165, 1.54) is 0 Å². The summed E-state index contributed by atoms with van der Waals surface area (Å²) in [5, 5.41) is 1.23. The van der Waals surface area contributed by atoms with E-state index in [4.69, 9.17) is 11.6 Å². The molecule has 2 aromatic carbocycles. The van der Waals surface area contributed by atoms with Crippen molar-refractivity contribution in [1.29, 1.82) is 0 Å². The predicted molar refractivity (Wildman–Crippen MR) is 79.4 cm³/mol. The molecule has 0 bridgehead atoms. The smallest absolute Gasteiger partial charge is 0.195 e. The van der Waals surface area contributed by atoms with Crippen LogP contribution in [0, 0.1) is 17.5 Å². The lowest BCUT2D eigenvalue weighted by Gasteiger charge is -2.02. The van der Waals surface area contributed by atoms with Gasteiger partial charge in [-0.05, 0) is 35.9 Å². The molecule has 0 aliphatic rings. The minimum atomic E-state index is -3.69. The minimum Gasteiger partial charge on any atom is -0.224 e. The van der Waals surface area contributed by atoms with Gasteiger partial charge in [0.1, 0.15) is 0 Å². The predicted octanol–water partition coefficient (Wildman–Crippen LogP) is 4.34. The van der Waals surface area contributed by atoms with Crippen LogP contribution in [0.5, 0.6) is 0 Å². The standard InChI is InChI=1S/C15H10ClF3O2S/c16-12-4-1-10(2-5-12)9-22(20,21)8-7-11-3-6-13(17)15(19)14(11)18/h1-8H,9H2. The van der Waals surface area contributed by atoms with Crippen LogP contribution in [-0.4, -0.2) is 8.42 Å². The Morgan fingerprint density at radius 2 is 1.59 bits per heavy atom. The summed E-state index contributed by atoms with van der Waals surface area (Å²) < 4.78 is 63.1. The fourth-order valence-electron chi connectivity index (χ4n) is 1.71. The van der Waals surface area contributed by atoms with Gasteiger partial charge >= 0.3 is 0 Å². The normalized spacial score (nSPS) is 12.0. The first-order valence-electron chi connectivity index (χ1n) is 6.07. The minimum absolute atomic E-state index is 0.314. The number of benzene rings is 2. The van der Waals surface area contributed by atoms with Gasteiger partial charge in [-0.3, -0.25) is 0 Å². The van der Waals surface area contributed by atoms with Gasteiger partial charge in [-0.1, -0.05) is 23.7 Å². The molecule has 0 spiro atoms. The average molecular weight is 347 g/mol. The summed E-state index contributed by atoms with van der Waals surface area (Å²) in [5.41, 5.74) is 0.151. The summed E-state index contributed by atoms with van der Waals surface area (Å²) >= 11 is 5.70. The molecule has 2 rings (SSSR count). The third-order valence-electron chi connectivity index (χ3n) is 2.80. The van der Waals surface area contributed by atoms with E-state index in [1.807, 2.05) is 0 Å². The molecule has 0 atom stereocenters. The van der Waals surface area contributed by atoms with E-state index in [9.17, 15) is 21.6 Å². The van der Waals surface area contributed by atoms with Gasteiger partial charge in [-0.2, -0.15) is 0 Å². The topological polar surface area (TPSA) is 34.1 Å². The van der Waals surface area contributed by atoms with E-state index in [0.29, 0.717) is 10.6 Å². The maximum atomic E-state index is 13.4. The summed E-state index contributed by atoms with van der Waals surface area (Å²) in [6.45, 7) is 0. The fourth-order valence-corrected chi connectivity index (χ4v) is 2.94. The largest absolute Gasteiger partial charge is 0.224 e. The zero-order valence-electron chi connectivity index (χ0n) is 11.1. The monoisotopic (exact) mass is 346 g/mol. The number of hydrogen-bond donors (Lipinski definition) is 0. The van der Waals surface area contributed by atoms with Gasteiger partial charge in [0.25, 0.3) is 0 Å². The molecule has 0 aliphatic carbocycles. The van der Waals surface area contributed by atoms with Crippen molar-refractivity contribution in [3.05, 3.63) is 75.4 Å². The van der Waals surface area contributed by atoms with Crippen LogP contribution >= 0.6 is 11.6 Å². The molecule has 0 saturated heterocycles. The summed E-state index contributed by atoms with van der Waals surface area (Å²) in [5.74, 6) is -4.72. The third kappa shape index (κ3) is 4.11. The van der Waals surface area contributed by atoms with Crippen molar-refractivity contribution in [3.63, 3.8) is 0 Å². The second kappa shape index (κ2) is 6.54. The molecule has 2 nitrogen and oxygen atoms in total. The van der Waals surface area contributed by atoms with Crippen LogP contribution in [0.2, 0.25) is 5.02 Å². The molecular weight excluding hydrogens is 337 g/mol. The van der Waals surface area contributed by atoms with Gasteiger partial charge in [0.15, 0.2) is 27.3 Å². The Morgan fingerprint density at radius 1 is 0.955 bits per heavy atom. The molecule has 0 aromatic heterocycles. The highest BCUT2D eigenvalue weighted by atomic mass is 35.5. The second-order valence-corrected chi connectivity index (χ2v) is 6.82. The Labute approximate surface area is 130 Å². The van der Waals surface area contributed by atoms with Crippen molar-refractivity contribution >= 4 is 27.5 Å². The van der Waals surface area contributed by atoms with Crippen LogP contribution in [0.1, 0.15) is 11.1 Å². The number of sulfone groups is 1. The number of halogens is 4. The molecule has 0 saturated carbocycles. The molecule has 2 aromatic rings. The Kier molecular flexibility index (Phi) is 4.93. The van der Waals surface area contributed by atoms with Gasteiger partial charge in [0, 0.05) is 16.0 Å². The molecular formula is C15H10ClF3O2S. The number of rotatable bonds is 4. The lowest BCUT2D eigenvalue weighted by molar-refractivity contribution is 0.446. The van der Waals surface area contributed by atoms with Gasteiger partial charge in [-0.25, -0.2) is 21.6 Å². The lowest BCUT2D eigenvalue weighted by atomic mass is 10.2. The molecule has 0 unspecified atom stereocenters. The van der Waals surface area contributed by atoms with E-state index in [1.54, 1.807) is 24.3 Å². The average Bonchev–Trinajstić information content (AvgIpc) is 2.46. The highest BCUT2D eigenvalue weighted by Gasteiger charge is 2.13. The molecule has 0 N–H and O–H groups in total. The first-order chi connectivity index (χ1) is 10.3. The number of hydrogen-bond acceptors (Lipinski definition) is 2. The van der Waals surface area contributed by atoms with E-state index >= 15 is 0 Å². The van der Waals surface area contributed by atoms with Crippen LogP contribution in [0.15, 0.2) is 41.8 Å². The van der Waals surface area contributed by atoms with Gasteiger partial charge in [0.2, 0.25) is 0 Å². The Morgan fingerprint density at radius 3 is 2.23 bits per heavy atom. The molecule has 0 fully saturated rings. The van der Waals surface area contributed by atoms with Crippen LogP contribution in [0.3, 0.4) is 0 Å². The van der Waals surface area contributed by atoms with Crippen molar-refractivity contribution in [1.82, 2.24) is 0 Å². The summed E-state index contributed by atoms with van der Waals surface area (Å²) in [7, 11) is -3.69. The van der Waals surface area contributed by atoms with E-state index in [-0.39, 0.29) is 11.3 Å².